The van der Waals surface area contributed by atoms with E-state index in [0.29, 0.717) is 30.1 Å². The summed E-state index contributed by atoms with van der Waals surface area (Å²) in [6, 6.07) is 9.40. The summed E-state index contributed by atoms with van der Waals surface area (Å²) in [5.41, 5.74) is 2.77. The number of hydrogen-bond donors (Lipinski definition) is 1. The minimum absolute atomic E-state index is 0.313. The van der Waals surface area contributed by atoms with E-state index in [2.05, 4.69) is 64.3 Å². The van der Waals surface area contributed by atoms with Crippen molar-refractivity contribution in [2.24, 2.45) is 11.8 Å². The lowest BCUT2D eigenvalue weighted by atomic mass is 9.80. The smallest absolute Gasteiger partial charge is 0.0600 e. The molecular formula is C17H27NO. The molecule has 0 saturated carbocycles. The molecule has 1 heterocycles. The number of benzene rings is 1. The zero-order valence-corrected chi connectivity index (χ0v) is 12.8. The molecule has 1 aromatic carbocycles. The minimum atomic E-state index is 0.313. The van der Waals surface area contributed by atoms with E-state index < -0.39 is 0 Å². The highest BCUT2D eigenvalue weighted by molar-refractivity contribution is 5.26. The van der Waals surface area contributed by atoms with Gasteiger partial charge in [0.15, 0.2) is 0 Å². The molecular weight excluding hydrogens is 234 g/mol. The SMILES string of the molecule is CCc1ccc(C(NC)C2C(C)OC(C)C2C)cc1. The van der Waals surface area contributed by atoms with E-state index in [0.717, 1.165) is 6.42 Å². The van der Waals surface area contributed by atoms with Crippen LogP contribution in [0.5, 0.6) is 0 Å². The first-order valence-electron chi connectivity index (χ1n) is 7.50. The molecule has 5 atom stereocenters. The molecule has 0 aromatic heterocycles. The molecule has 106 valence electrons. The minimum Gasteiger partial charge on any atom is -0.375 e. The van der Waals surface area contributed by atoms with Crippen LogP contribution in [0.25, 0.3) is 0 Å². The average Bonchev–Trinajstić information content (AvgIpc) is 2.67. The standard InChI is InChI=1S/C17H27NO/c1-6-14-7-9-15(10-8-14)17(18-5)16-11(2)12(3)19-13(16)4/h7-13,16-18H,6H2,1-5H3. The Morgan fingerprint density at radius 1 is 1.11 bits per heavy atom. The number of aryl methyl sites for hydroxylation is 1. The van der Waals surface area contributed by atoms with Crippen molar-refractivity contribution in [1.29, 1.82) is 0 Å². The summed E-state index contributed by atoms with van der Waals surface area (Å²) in [4.78, 5) is 0. The Labute approximate surface area is 117 Å². The van der Waals surface area contributed by atoms with Crippen molar-refractivity contribution in [3.63, 3.8) is 0 Å². The Bertz CT molecular complexity index is 400. The molecule has 0 radical (unpaired) electrons. The van der Waals surface area contributed by atoms with Gasteiger partial charge in [0, 0.05) is 12.0 Å². The van der Waals surface area contributed by atoms with E-state index in [4.69, 9.17) is 4.74 Å². The molecule has 1 aromatic rings. The second-order valence-electron chi connectivity index (χ2n) is 5.84. The van der Waals surface area contributed by atoms with Crippen LogP contribution in [0.2, 0.25) is 0 Å². The van der Waals surface area contributed by atoms with Crippen molar-refractivity contribution < 1.29 is 4.74 Å². The summed E-state index contributed by atoms with van der Waals surface area (Å²) < 4.78 is 6.00. The van der Waals surface area contributed by atoms with Crippen LogP contribution >= 0.6 is 0 Å². The number of hydrogen-bond acceptors (Lipinski definition) is 2. The highest BCUT2D eigenvalue weighted by atomic mass is 16.5. The van der Waals surface area contributed by atoms with Gasteiger partial charge in [-0.05, 0) is 44.4 Å². The summed E-state index contributed by atoms with van der Waals surface area (Å²) in [6.45, 7) is 8.90. The van der Waals surface area contributed by atoms with Crippen molar-refractivity contribution in [1.82, 2.24) is 5.32 Å². The van der Waals surface area contributed by atoms with Crippen LogP contribution in [-0.4, -0.2) is 19.3 Å². The lowest BCUT2D eigenvalue weighted by Crippen LogP contribution is -2.33. The lowest BCUT2D eigenvalue weighted by Gasteiger charge is -2.29. The van der Waals surface area contributed by atoms with Crippen LogP contribution in [0.3, 0.4) is 0 Å². The van der Waals surface area contributed by atoms with Crippen molar-refractivity contribution in [2.75, 3.05) is 7.05 Å². The van der Waals surface area contributed by atoms with E-state index in [1.165, 1.54) is 11.1 Å². The first-order chi connectivity index (χ1) is 9.08. The first-order valence-corrected chi connectivity index (χ1v) is 7.50. The van der Waals surface area contributed by atoms with Gasteiger partial charge in [-0.15, -0.1) is 0 Å². The van der Waals surface area contributed by atoms with E-state index in [1.54, 1.807) is 0 Å². The molecule has 0 amide bonds. The third-order valence-electron chi connectivity index (χ3n) is 4.76. The van der Waals surface area contributed by atoms with E-state index >= 15 is 0 Å². The maximum atomic E-state index is 6.00. The number of ether oxygens (including phenoxy) is 1. The zero-order chi connectivity index (χ0) is 14.0. The molecule has 2 heteroatoms. The maximum absolute atomic E-state index is 6.00. The largest absolute Gasteiger partial charge is 0.375 e. The van der Waals surface area contributed by atoms with Gasteiger partial charge in [0.25, 0.3) is 0 Å². The topological polar surface area (TPSA) is 21.3 Å². The Morgan fingerprint density at radius 2 is 1.74 bits per heavy atom. The summed E-state index contributed by atoms with van der Waals surface area (Å²) in [5.74, 6) is 1.12. The van der Waals surface area contributed by atoms with E-state index in [1.807, 2.05) is 0 Å². The predicted molar refractivity (Wildman–Crippen MR) is 80.3 cm³/mol. The number of nitrogens with one attached hydrogen (secondary N) is 1. The molecule has 0 aliphatic carbocycles. The molecule has 5 unspecified atom stereocenters. The molecule has 19 heavy (non-hydrogen) atoms. The van der Waals surface area contributed by atoms with Crippen molar-refractivity contribution in [3.8, 4) is 0 Å². The predicted octanol–water partition coefficient (Wildman–Crippen LogP) is 3.57. The number of rotatable bonds is 4. The summed E-state index contributed by atoms with van der Waals surface area (Å²) in [7, 11) is 2.06. The molecule has 0 spiro atoms. The van der Waals surface area contributed by atoms with Crippen molar-refractivity contribution in [2.45, 2.75) is 52.4 Å². The van der Waals surface area contributed by atoms with Gasteiger partial charge < -0.3 is 10.1 Å². The normalized spacial score (nSPS) is 32.5. The van der Waals surface area contributed by atoms with Gasteiger partial charge in [-0.3, -0.25) is 0 Å². The molecule has 0 bridgehead atoms. The Kier molecular flexibility index (Phi) is 4.64. The molecule has 1 fully saturated rings. The molecule has 1 aliphatic rings. The first kappa shape index (κ1) is 14.5. The Balaban J connectivity index is 2.23. The van der Waals surface area contributed by atoms with Gasteiger partial charge in [-0.25, -0.2) is 0 Å². The van der Waals surface area contributed by atoms with Gasteiger partial charge in [0.1, 0.15) is 0 Å². The second kappa shape index (κ2) is 6.06. The maximum Gasteiger partial charge on any atom is 0.0600 e. The average molecular weight is 261 g/mol. The molecule has 1 aliphatic heterocycles. The third-order valence-corrected chi connectivity index (χ3v) is 4.76. The van der Waals surface area contributed by atoms with Gasteiger partial charge in [0.05, 0.1) is 12.2 Å². The van der Waals surface area contributed by atoms with Crippen molar-refractivity contribution in [3.05, 3.63) is 35.4 Å². The van der Waals surface area contributed by atoms with Crippen LogP contribution in [0.15, 0.2) is 24.3 Å². The Morgan fingerprint density at radius 3 is 2.16 bits per heavy atom. The summed E-state index contributed by atoms with van der Waals surface area (Å²) in [6.07, 6.45) is 1.76. The lowest BCUT2D eigenvalue weighted by molar-refractivity contribution is 0.0478. The third kappa shape index (κ3) is 2.85. The fraction of sp³-hybridized carbons (Fsp3) is 0.647. The van der Waals surface area contributed by atoms with Crippen LogP contribution in [-0.2, 0) is 11.2 Å². The Hall–Kier alpha value is -0.860. The monoisotopic (exact) mass is 261 g/mol. The zero-order valence-electron chi connectivity index (χ0n) is 12.8. The van der Waals surface area contributed by atoms with Gasteiger partial charge in [0.2, 0.25) is 0 Å². The van der Waals surface area contributed by atoms with E-state index in [-0.39, 0.29) is 0 Å². The van der Waals surface area contributed by atoms with Gasteiger partial charge in [-0.1, -0.05) is 38.1 Å². The van der Waals surface area contributed by atoms with Crippen LogP contribution in [0, 0.1) is 11.8 Å². The molecule has 1 N–H and O–H groups in total. The quantitative estimate of drug-likeness (QED) is 0.894. The second-order valence-corrected chi connectivity index (χ2v) is 5.84. The van der Waals surface area contributed by atoms with E-state index in [9.17, 15) is 0 Å². The van der Waals surface area contributed by atoms with Crippen LogP contribution in [0.1, 0.15) is 44.9 Å². The summed E-state index contributed by atoms with van der Waals surface area (Å²) >= 11 is 0. The molecule has 1 saturated heterocycles. The molecule has 2 nitrogen and oxygen atoms in total. The highest BCUT2D eigenvalue weighted by Gasteiger charge is 2.41. The van der Waals surface area contributed by atoms with Gasteiger partial charge in [-0.2, -0.15) is 0 Å². The fourth-order valence-corrected chi connectivity index (χ4v) is 3.41. The molecule has 2 rings (SSSR count). The van der Waals surface area contributed by atoms with Crippen LogP contribution < -0.4 is 5.32 Å². The highest BCUT2D eigenvalue weighted by Crippen LogP contribution is 2.40. The fourth-order valence-electron chi connectivity index (χ4n) is 3.41. The summed E-state index contributed by atoms with van der Waals surface area (Å²) in [5, 5.41) is 3.50. The van der Waals surface area contributed by atoms with Gasteiger partial charge >= 0.3 is 0 Å². The van der Waals surface area contributed by atoms with Crippen LogP contribution in [0.4, 0.5) is 0 Å². The van der Waals surface area contributed by atoms with Crippen molar-refractivity contribution >= 4 is 0 Å².